The zero-order valence-electron chi connectivity index (χ0n) is 25.9. The van der Waals surface area contributed by atoms with Crippen LogP contribution in [0.2, 0.25) is 0 Å². The summed E-state index contributed by atoms with van der Waals surface area (Å²) in [6.07, 6.45) is 21.2. The van der Waals surface area contributed by atoms with Crippen molar-refractivity contribution in [3.63, 3.8) is 0 Å². The van der Waals surface area contributed by atoms with Crippen molar-refractivity contribution in [2.24, 2.45) is 0 Å². The molecule has 0 spiro atoms. The van der Waals surface area contributed by atoms with Gasteiger partial charge in [-0.2, -0.15) is 0 Å². The molecule has 0 saturated heterocycles. The van der Waals surface area contributed by atoms with E-state index in [0.29, 0.717) is 22.3 Å². The largest absolute Gasteiger partial charge is 0.478 e. The van der Waals surface area contributed by atoms with E-state index >= 15 is 0 Å². The Kier molecular flexibility index (Phi) is 17.5. The fourth-order valence-corrected chi connectivity index (χ4v) is 5.03. The summed E-state index contributed by atoms with van der Waals surface area (Å²) in [7, 11) is 0. The summed E-state index contributed by atoms with van der Waals surface area (Å²) in [6.45, 7) is 4.45. The van der Waals surface area contributed by atoms with Crippen LogP contribution in [0.3, 0.4) is 0 Å². The Morgan fingerprint density at radius 1 is 0.524 bits per heavy atom. The van der Waals surface area contributed by atoms with E-state index in [-0.39, 0.29) is 11.1 Å². The molecule has 0 amide bonds. The number of carbonyl (C=O) groups is 2. The average Bonchev–Trinajstić information content (AvgIpc) is 2.99. The van der Waals surface area contributed by atoms with Gasteiger partial charge in [-0.1, -0.05) is 140 Å². The Bertz CT molecular complexity index is 1140. The second-order valence-corrected chi connectivity index (χ2v) is 11.2. The second kappa shape index (κ2) is 21.2. The average molecular weight is 571 g/mol. The maximum absolute atomic E-state index is 12.0. The van der Waals surface area contributed by atoms with Crippen LogP contribution in [0.4, 0.5) is 0 Å². The van der Waals surface area contributed by atoms with Crippen molar-refractivity contribution in [3.8, 4) is 34.8 Å². The first-order valence-electron chi connectivity index (χ1n) is 16.2. The van der Waals surface area contributed by atoms with E-state index in [2.05, 4.69) is 37.5 Å². The van der Waals surface area contributed by atoms with Gasteiger partial charge in [-0.3, -0.25) is 0 Å². The molecule has 0 aromatic heterocycles. The number of carboxylic acids is 2. The van der Waals surface area contributed by atoms with Crippen LogP contribution in [0.1, 0.15) is 161 Å². The van der Waals surface area contributed by atoms with E-state index < -0.39 is 11.9 Å². The van der Waals surface area contributed by atoms with Gasteiger partial charge in [0.15, 0.2) is 0 Å². The minimum Gasteiger partial charge on any atom is -0.478 e. The third-order valence-corrected chi connectivity index (χ3v) is 7.59. The second-order valence-electron chi connectivity index (χ2n) is 11.2. The summed E-state index contributed by atoms with van der Waals surface area (Å²) in [5.41, 5.74) is 2.49. The molecule has 42 heavy (non-hydrogen) atoms. The fraction of sp³-hybridized carbons (Fsp3) is 0.526. The van der Waals surface area contributed by atoms with E-state index in [1.54, 1.807) is 36.4 Å². The van der Waals surface area contributed by atoms with E-state index in [9.17, 15) is 19.8 Å². The molecule has 4 heteroatoms. The highest BCUT2D eigenvalue weighted by Crippen LogP contribution is 2.25. The Morgan fingerprint density at radius 3 is 1.19 bits per heavy atom. The van der Waals surface area contributed by atoms with Crippen LogP contribution in [-0.2, 0) is 0 Å². The molecule has 2 N–H and O–H groups in total. The summed E-state index contributed by atoms with van der Waals surface area (Å²) >= 11 is 0. The van der Waals surface area contributed by atoms with Gasteiger partial charge in [0.1, 0.15) is 0 Å². The van der Waals surface area contributed by atoms with Crippen molar-refractivity contribution in [2.45, 2.75) is 129 Å². The van der Waals surface area contributed by atoms with Crippen LogP contribution >= 0.6 is 0 Å². The number of hydrogen-bond acceptors (Lipinski definition) is 2. The lowest BCUT2D eigenvalue weighted by molar-refractivity contribution is 0.0685. The highest BCUT2D eigenvalue weighted by Gasteiger charge is 2.14. The first-order chi connectivity index (χ1) is 20.5. The molecule has 0 aliphatic heterocycles. The van der Waals surface area contributed by atoms with Crippen molar-refractivity contribution in [2.75, 3.05) is 0 Å². The third-order valence-electron chi connectivity index (χ3n) is 7.59. The van der Waals surface area contributed by atoms with Gasteiger partial charge in [-0.25, -0.2) is 9.59 Å². The minimum atomic E-state index is -1.05. The normalized spacial score (nSPS) is 10.4. The molecule has 226 valence electrons. The molecule has 2 aromatic carbocycles. The van der Waals surface area contributed by atoms with Gasteiger partial charge in [0.25, 0.3) is 0 Å². The molecule has 0 unspecified atom stereocenters. The van der Waals surface area contributed by atoms with Gasteiger partial charge >= 0.3 is 11.9 Å². The quantitative estimate of drug-likeness (QED) is 0.130. The number of carboxylic acid groups (broad SMARTS) is 2. The Hall–Kier alpha value is -3.50. The standard InChI is InChI=1S/C38H50O4/c1-3-5-7-9-11-13-15-17-19-21-23-31-25-27-33(29-35(31)37(39)40)34-28-26-32(36(30-34)38(41)42)24-22-20-18-16-14-12-10-8-6-4-2/h25-30H,3-20H2,1-2H3,(H,39,40)(H,41,42). The molecule has 0 fully saturated rings. The van der Waals surface area contributed by atoms with Gasteiger partial charge in [0.05, 0.1) is 11.1 Å². The highest BCUT2D eigenvalue weighted by molar-refractivity contribution is 5.94. The zero-order chi connectivity index (χ0) is 30.4. The predicted octanol–water partition coefficient (Wildman–Crippen LogP) is 10.5. The monoisotopic (exact) mass is 570 g/mol. The molecule has 0 saturated carbocycles. The van der Waals surface area contributed by atoms with Crippen molar-refractivity contribution in [1.29, 1.82) is 0 Å². The van der Waals surface area contributed by atoms with Crippen molar-refractivity contribution < 1.29 is 19.8 Å². The zero-order valence-corrected chi connectivity index (χ0v) is 25.9. The van der Waals surface area contributed by atoms with Gasteiger partial charge in [-0.15, -0.1) is 0 Å². The highest BCUT2D eigenvalue weighted by atomic mass is 16.4. The summed E-state index contributed by atoms with van der Waals surface area (Å²) in [5.74, 6) is 10.3. The molecule has 0 aliphatic carbocycles. The van der Waals surface area contributed by atoms with E-state index in [1.807, 2.05) is 0 Å². The smallest absolute Gasteiger partial charge is 0.336 e. The molecule has 2 aromatic rings. The summed E-state index contributed by atoms with van der Waals surface area (Å²) in [5, 5.41) is 19.7. The predicted molar refractivity (Wildman–Crippen MR) is 174 cm³/mol. The number of aromatic carboxylic acids is 2. The Morgan fingerprint density at radius 2 is 0.857 bits per heavy atom. The topological polar surface area (TPSA) is 74.6 Å². The number of unbranched alkanes of at least 4 members (excludes halogenated alkanes) is 16. The lowest BCUT2D eigenvalue weighted by atomic mass is 9.96. The molecule has 0 aliphatic rings. The van der Waals surface area contributed by atoms with Crippen LogP contribution in [0, 0.1) is 23.7 Å². The minimum absolute atomic E-state index is 0.127. The molecular formula is C38H50O4. The summed E-state index contributed by atoms with van der Waals surface area (Å²) < 4.78 is 0. The van der Waals surface area contributed by atoms with Crippen LogP contribution < -0.4 is 0 Å². The van der Waals surface area contributed by atoms with E-state index in [0.717, 1.165) is 38.5 Å². The van der Waals surface area contributed by atoms with Gasteiger partial charge < -0.3 is 10.2 Å². The first-order valence-corrected chi connectivity index (χ1v) is 16.2. The lowest BCUT2D eigenvalue weighted by Crippen LogP contribution is -2.02. The van der Waals surface area contributed by atoms with Crippen molar-refractivity contribution >= 4 is 11.9 Å². The summed E-state index contributed by atoms with van der Waals surface area (Å²) in [4.78, 5) is 24.0. The van der Waals surface area contributed by atoms with Crippen molar-refractivity contribution in [3.05, 3.63) is 58.7 Å². The number of rotatable bonds is 19. The van der Waals surface area contributed by atoms with Crippen molar-refractivity contribution in [1.82, 2.24) is 0 Å². The first kappa shape index (κ1) is 34.7. The van der Waals surface area contributed by atoms with Gasteiger partial charge in [0.2, 0.25) is 0 Å². The van der Waals surface area contributed by atoms with Crippen LogP contribution in [0.15, 0.2) is 36.4 Å². The molecule has 0 bridgehead atoms. The molecule has 0 atom stereocenters. The number of benzene rings is 2. The van der Waals surface area contributed by atoms with Crippen LogP contribution in [-0.4, -0.2) is 22.2 Å². The molecule has 4 nitrogen and oxygen atoms in total. The Balaban J connectivity index is 1.99. The number of hydrogen-bond donors (Lipinski definition) is 2. The molecular weight excluding hydrogens is 520 g/mol. The Labute approximate surface area is 254 Å². The van der Waals surface area contributed by atoms with E-state index in [1.165, 1.54) is 77.0 Å². The fourth-order valence-electron chi connectivity index (χ4n) is 5.03. The van der Waals surface area contributed by atoms with Crippen LogP contribution in [0.25, 0.3) is 11.1 Å². The lowest BCUT2D eigenvalue weighted by Gasteiger charge is -2.08. The van der Waals surface area contributed by atoms with Gasteiger partial charge in [-0.05, 0) is 48.2 Å². The maximum atomic E-state index is 12.0. The SMILES string of the molecule is CCCCCCCCCCC#Cc1ccc(-c2ccc(C#CCCCCCCCCCC)c(C(=O)O)c2)cc1C(=O)O. The van der Waals surface area contributed by atoms with Gasteiger partial charge in [0, 0.05) is 24.0 Å². The van der Waals surface area contributed by atoms with E-state index in [4.69, 9.17) is 0 Å². The molecule has 0 heterocycles. The van der Waals surface area contributed by atoms with Crippen LogP contribution in [0.5, 0.6) is 0 Å². The maximum Gasteiger partial charge on any atom is 0.336 e. The summed E-state index contributed by atoms with van der Waals surface area (Å²) in [6, 6.07) is 10.2. The molecule has 2 rings (SSSR count). The molecule has 0 radical (unpaired) electrons. The third kappa shape index (κ3) is 13.4.